The van der Waals surface area contributed by atoms with E-state index >= 15 is 0 Å². The molecule has 0 radical (unpaired) electrons. The molecule has 2 rings (SSSR count). The van der Waals surface area contributed by atoms with Crippen LogP contribution in [-0.2, 0) is 18.3 Å². The smallest absolute Gasteiger partial charge is 0.0146 e. The van der Waals surface area contributed by atoms with Crippen LogP contribution in [0.1, 0.15) is 61.1 Å². The summed E-state index contributed by atoms with van der Waals surface area (Å²) in [5.41, 5.74) is 8.36. The van der Waals surface area contributed by atoms with Gasteiger partial charge in [0.05, 0.1) is 0 Å². The third-order valence-electron chi connectivity index (χ3n) is 5.29. The van der Waals surface area contributed by atoms with E-state index in [1.165, 1.54) is 33.4 Å². The van der Waals surface area contributed by atoms with Crippen molar-refractivity contribution < 1.29 is 0 Å². The summed E-state index contributed by atoms with van der Waals surface area (Å²) in [4.78, 5) is 0. The average Bonchev–Trinajstić information content (AvgIpc) is 2.60. The Morgan fingerprint density at radius 2 is 1.12 bits per heavy atom. The van der Waals surface area contributed by atoms with Gasteiger partial charge in [-0.3, -0.25) is 0 Å². The van der Waals surface area contributed by atoms with E-state index in [4.69, 9.17) is 0 Å². The lowest BCUT2D eigenvalue weighted by Gasteiger charge is -2.28. The highest BCUT2D eigenvalue weighted by Gasteiger charge is 2.24. The maximum Gasteiger partial charge on any atom is 0.0146 e. The summed E-state index contributed by atoms with van der Waals surface area (Å²) in [5.74, 6) is 0. The predicted octanol–water partition coefficient (Wildman–Crippen LogP) is 6.87. The van der Waals surface area contributed by atoms with Gasteiger partial charge in [-0.1, -0.05) is 74.5 Å². The van der Waals surface area contributed by atoms with Crippen molar-refractivity contribution in [2.75, 3.05) is 0 Å². The van der Waals surface area contributed by atoms with Crippen molar-refractivity contribution in [3.63, 3.8) is 0 Å². The Balaban J connectivity index is 2.44. The largest absolute Gasteiger partial charge is 0.0913 e. The standard InChI is InChI=1S/C25H32/c1-7-9-11-21-17-23(15-13-19(21)3)25(5,6)24-16-14-20(4)22(18-24)12-10-8-2/h7-10,13-18H,11-12H2,1-6H3/b9-7+,10-8+. The van der Waals surface area contributed by atoms with E-state index < -0.39 is 0 Å². The Kier molecular flexibility index (Phi) is 6.42. The van der Waals surface area contributed by atoms with Crippen LogP contribution in [0.4, 0.5) is 0 Å². The van der Waals surface area contributed by atoms with Gasteiger partial charge < -0.3 is 0 Å². The van der Waals surface area contributed by atoms with E-state index in [9.17, 15) is 0 Å². The van der Waals surface area contributed by atoms with Crippen molar-refractivity contribution in [1.82, 2.24) is 0 Å². The molecule has 0 spiro atoms. The Hall–Kier alpha value is -2.08. The van der Waals surface area contributed by atoms with E-state index in [0.29, 0.717) is 0 Å². The van der Waals surface area contributed by atoms with E-state index in [1.54, 1.807) is 0 Å². The highest BCUT2D eigenvalue weighted by atomic mass is 14.3. The Bertz CT molecular complexity index is 707. The fourth-order valence-corrected chi connectivity index (χ4v) is 3.22. The van der Waals surface area contributed by atoms with Crippen molar-refractivity contribution in [2.24, 2.45) is 0 Å². The molecule has 132 valence electrons. The summed E-state index contributed by atoms with van der Waals surface area (Å²) in [6, 6.07) is 13.9. The minimum absolute atomic E-state index is 0.00322. The van der Waals surface area contributed by atoms with Gasteiger partial charge in [0.2, 0.25) is 0 Å². The SMILES string of the molecule is C/C=C/Cc1cc(C(C)(C)c2ccc(C)c(C/C=C/C)c2)ccc1C. The number of allylic oxidation sites excluding steroid dienone is 4. The van der Waals surface area contributed by atoms with E-state index in [1.807, 2.05) is 0 Å². The van der Waals surface area contributed by atoms with Crippen LogP contribution in [-0.4, -0.2) is 0 Å². The molecular formula is C25H32. The fraction of sp³-hybridized carbons (Fsp3) is 0.360. The van der Waals surface area contributed by atoms with Gasteiger partial charge in [-0.25, -0.2) is 0 Å². The quantitative estimate of drug-likeness (QED) is 0.506. The second-order valence-electron chi connectivity index (χ2n) is 7.45. The minimum atomic E-state index is -0.00322. The van der Waals surface area contributed by atoms with E-state index in [0.717, 1.165) is 12.8 Å². The maximum absolute atomic E-state index is 2.39. The molecule has 2 aromatic carbocycles. The predicted molar refractivity (Wildman–Crippen MR) is 112 cm³/mol. The zero-order valence-electron chi connectivity index (χ0n) is 16.7. The highest BCUT2D eigenvalue weighted by molar-refractivity contribution is 5.45. The second-order valence-corrected chi connectivity index (χ2v) is 7.45. The molecule has 0 aliphatic heterocycles. The zero-order chi connectivity index (χ0) is 18.4. The first kappa shape index (κ1) is 19.2. The number of rotatable bonds is 6. The summed E-state index contributed by atoms with van der Waals surface area (Å²) in [6.45, 7) is 13.2. The summed E-state index contributed by atoms with van der Waals surface area (Å²) < 4.78 is 0. The molecular weight excluding hydrogens is 300 g/mol. The molecule has 0 heteroatoms. The van der Waals surface area contributed by atoms with Crippen molar-refractivity contribution >= 4 is 0 Å². The molecule has 0 fully saturated rings. The van der Waals surface area contributed by atoms with Crippen molar-refractivity contribution in [3.05, 3.63) is 94.1 Å². The van der Waals surface area contributed by atoms with Gasteiger partial charge in [0.25, 0.3) is 0 Å². The number of hydrogen-bond acceptors (Lipinski definition) is 0. The third kappa shape index (κ3) is 4.51. The first-order chi connectivity index (χ1) is 11.9. The lowest BCUT2D eigenvalue weighted by molar-refractivity contribution is 0.638. The molecule has 0 saturated carbocycles. The molecule has 0 aliphatic carbocycles. The van der Waals surface area contributed by atoms with Crippen LogP contribution >= 0.6 is 0 Å². The van der Waals surface area contributed by atoms with Gasteiger partial charge in [-0.05, 0) is 73.9 Å². The fourth-order valence-electron chi connectivity index (χ4n) is 3.22. The Morgan fingerprint density at radius 3 is 1.48 bits per heavy atom. The van der Waals surface area contributed by atoms with Gasteiger partial charge in [0, 0.05) is 5.41 Å². The van der Waals surface area contributed by atoms with Crippen LogP contribution in [0.15, 0.2) is 60.7 Å². The van der Waals surface area contributed by atoms with Crippen molar-refractivity contribution in [3.8, 4) is 0 Å². The van der Waals surface area contributed by atoms with Crippen LogP contribution in [0, 0.1) is 13.8 Å². The molecule has 0 unspecified atom stereocenters. The molecule has 0 bridgehead atoms. The second kappa shape index (κ2) is 8.34. The van der Waals surface area contributed by atoms with Gasteiger partial charge >= 0.3 is 0 Å². The molecule has 0 aromatic heterocycles. The van der Waals surface area contributed by atoms with Gasteiger partial charge in [-0.15, -0.1) is 0 Å². The van der Waals surface area contributed by atoms with Gasteiger partial charge in [0.1, 0.15) is 0 Å². The summed E-state index contributed by atoms with van der Waals surface area (Å²) >= 11 is 0. The molecule has 0 saturated heterocycles. The summed E-state index contributed by atoms with van der Waals surface area (Å²) in [5, 5.41) is 0. The molecule has 0 amide bonds. The van der Waals surface area contributed by atoms with E-state index in [-0.39, 0.29) is 5.41 Å². The highest BCUT2D eigenvalue weighted by Crippen LogP contribution is 2.34. The summed E-state index contributed by atoms with van der Waals surface area (Å²) in [6.07, 6.45) is 10.7. The van der Waals surface area contributed by atoms with Crippen LogP contribution in [0.3, 0.4) is 0 Å². The van der Waals surface area contributed by atoms with Crippen LogP contribution in [0.2, 0.25) is 0 Å². The minimum Gasteiger partial charge on any atom is -0.0913 e. The van der Waals surface area contributed by atoms with Crippen molar-refractivity contribution in [2.45, 2.75) is 59.8 Å². The molecule has 0 aliphatic rings. The van der Waals surface area contributed by atoms with Gasteiger partial charge in [0.15, 0.2) is 0 Å². The Labute approximate surface area is 154 Å². The average molecular weight is 333 g/mol. The lowest BCUT2D eigenvalue weighted by atomic mass is 9.76. The molecule has 0 N–H and O–H groups in total. The summed E-state index contributed by atoms with van der Waals surface area (Å²) in [7, 11) is 0. The molecule has 0 atom stereocenters. The monoisotopic (exact) mass is 332 g/mol. The molecule has 0 nitrogen and oxygen atoms in total. The molecule has 2 aromatic rings. The molecule has 0 heterocycles. The molecule has 25 heavy (non-hydrogen) atoms. The maximum atomic E-state index is 2.39. The van der Waals surface area contributed by atoms with Crippen LogP contribution in [0.5, 0.6) is 0 Å². The third-order valence-corrected chi connectivity index (χ3v) is 5.29. The number of aryl methyl sites for hydroxylation is 2. The Morgan fingerprint density at radius 1 is 0.720 bits per heavy atom. The van der Waals surface area contributed by atoms with Crippen molar-refractivity contribution in [1.29, 1.82) is 0 Å². The number of benzene rings is 2. The topological polar surface area (TPSA) is 0 Å². The van der Waals surface area contributed by atoms with Crippen LogP contribution < -0.4 is 0 Å². The van der Waals surface area contributed by atoms with E-state index in [2.05, 4.69) is 102 Å². The number of hydrogen-bond donors (Lipinski definition) is 0. The zero-order valence-corrected chi connectivity index (χ0v) is 16.7. The normalized spacial score (nSPS) is 12.4. The lowest BCUT2D eigenvalue weighted by Crippen LogP contribution is -2.20. The van der Waals surface area contributed by atoms with Crippen LogP contribution in [0.25, 0.3) is 0 Å². The van der Waals surface area contributed by atoms with Gasteiger partial charge in [-0.2, -0.15) is 0 Å². The first-order valence-electron chi connectivity index (χ1n) is 9.32. The first-order valence-corrected chi connectivity index (χ1v) is 9.32.